The van der Waals surface area contributed by atoms with E-state index in [0.29, 0.717) is 12.4 Å². The Kier molecular flexibility index (Phi) is 3.58. The summed E-state index contributed by atoms with van der Waals surface area (Å²) in [6.07, 6.45) is 3.46. The van der Waals surface area contributed by atoms with E-state index >= 15 is 0 Å². The predicted octanol–water partition coefficient (Wildman–Crippen LogP) is -0.909. The van der Waals surface area contributed by atoms with Gasteiger partial charge < -0.3 is 15.7 Å². The van der Waals surface area contributed by atoms with Crippen LogP contribution in [0.4, 0.5) is 5.82 Å². The fraction of sp³-hybridized carbons (Fsp3) is 0.700. The van der Waals surface area contributed by atoms with Gasteiger partial charge in [0.25, 0.3) is 0 Å². The van der Waals surface area contributed by atoms with E-state index in [0.717, 1.165) is 19.4 Å². The van der Waals surface area contributed by atoms with Crippen LogP contribution in [0.15, 0.2) is 6.20 Å². The molecule has 0 bridgehead atoms. The minimum Gasteiger partial charge on any atom is -0.396 e. The highest BCUT2D eigenvalue weighted by Crippen LogP contribution is 2.16. The van der Waals surface area contributed by atoms with E-state index in [9.17, 15) is 4.79 Å². The Balaban J connectivity index is 1.91. The van der Waals surface area contributed by atoms with Gasteiger partial charge in [-0.05, 0) is 18.8 Å². The first-order valence-corrected chi connectivity index (χ1v) is 5.73. The average molecular weight is 239 g/mol. The van der Waals surface area contributed by atoms with Gasteiger partial charge in [0, 0.05) is 19.7 Å². The normalized spacial score (nSPS) is 20.5. The third kappa shape index (κ3) is 2.94. The lowest BCUT2D eigenvalue weighted by molar-refractivity contribution is -0.134. The number of hydrogen-bond acceptors (Lipinski definition) is 5. The van der Waals surface area contributed by atoms with Crippen LogP contribution in [0.1, 0.15) is 12.8 Å². The summed E-state index contributed by atoms with van der Waals surface area (Å²) in [6.45, 7) is 1.67. The quantitative estimate of drug-likeness (QED) is 0.711. The van der Waals surface area contributed by atoms with Gasteiger partial charge in [-0.1, -0.05) is 5.21 Å². The number of likely N-dealkylation sites (tertiary alicyclic amines) is 1. The fourth-order valence-electron chi connectivity index (χ4n) is 2.07. The molecule has 1 unspecified atom stereocenters. The van der Waals surface area contributed by atoms with E-state index in [-0.39, 0.29) is 25.0 Å². The molecule has 94 valence electrons. The number of anilines is 1. The zero-order chi connectivity index (χ0) is 12.3. The zero-order valence-electron chi connectivity index (χ0n) is 9.62. The number of nitrogens with zero attached hydrogens (tertiary/aromatic N) is 4. The van der Waals surface area contributed by atoms with Crippen LogP contribution in [-0.2, 0) is 11.3 Å². The van der Waals surface area contributed by atoms with Gasteiger partial charge in [0.2, 0.25) is 5.91 Å². The fourth-order valence-corrected chi connectivity index (χ4v) is 2.07. The van der Waals surface area contributed by atoms with Crippen molar-refractivity contribution < 1.29 is 9.90 Å². The smallest absolute Gasteiger partial charge is 0.244 e. The summed E-state index contributed by atoms with van der Waals surface area (Å²) < 4.78 is 1.43. The second-order valence-electron chi connectivity index (χ2n) is 4.37. The molecule has 0 saturated carbocycles. The molecule has 7 heteroatoms. The van der Waals surface area contributed by atoms with Crippen molar-refractivity contribution in [2.24, 2.45) is 5.92 Å². The minimum atomic E-state index is -0.00644. The molecule has 2 heterocycles. The van der Waals surface area contributed by atoms with Crippen LogP contribution < -0.4 is 5.73 Å². The number of rotatable bonds is 3. The first-order valence-electron chi connectivity index (χ1n) is 5.73. The second kappa shape index (κ2) is 5.13. The van der Waals surface area contributed by atoms with E-state index in [1.54, 1.807) is 4.90 Å². The Bertz CT molecular complexity index is 392. The van der Waals surface area contributed by atoms with E-state index in [4.69, 9.17) is 10.8 Å². The molecule has 1 saturated heterocycles. The monoisotopic (exact) mass is 239 g/mol. The van der Waals surface area contributed by atoms with Crippen LogP contribution in [0, 0.1) is 5.92 Å². The van der Waals surface area contributed by atoms with Crippen LogP contribution in [-0.4, -0.2) is 50.6 Å². The maximum atomic E-state index is 12.0. The van der Waals surface area contributed by atoms with Crippen molar-refractivity contribution in [3.63, 3.8) is 0 Å². The Morgan fingerprint density at radius 1 is 1.65 bits per heavy atom. The molecule has 1 aliphatic heterocycles. The molecule has 1 aromatic rings. The number of carbonyl (C=O) groups excluding carboxylic acids is 1. The Morgan fingerprint density at radius 3 is 3.12 bits per heavy atom. The summed E-state index contributed by atoms with van der Waals surface area (Å²) in [5.74, 6) is 0.506. The molecule has 0 aromatic carbocycles. The molecule has 0 radical (unpaired) electrons. The Hall–Kier alpha value is -1.63. The molecule has 2 rings (SSSR count). The second-order valence-corrected chi connectivity index (χ2v) is 4.37. The number of carbonyl (C=O) groups is 1. The highest BCUT2D eigenvalue weighted by molar-refractivity contribution is 5.76. The van der Waals surface area contributed by atoms with Gasteiger partial charge in [0.1, 0.15) is 6.54 Å². The molecule has 0 aliphatic carbocycles. The minimum absolute atomic E-state index is 0.00644. The van der Waals surface area contributed by atoms with Crippen LogP contribution in [0.5, 0.6) is 0 Å². The largest absolute Gasteiger partial charge is 0.396 e. The van der Waals surface area contributed by atoms with Gasteiger partial charge in [-0.2, -0.15) is 0 Å². The van der Waals surface area contributed by atoms with Gasteiger partial charge >= 0.3 is 0 Å². The standard InChI is InChI=1S/C10H17N5O2/c11-9-5-15(13-12-9)6-10(17)14-3-1-2-8(4-14)7-16/h5,8,16H,1-4,6-7,11H2. The van der Waals surface area contributed by atoms with Gasteiger partial charge in [-0.3, -0.25) is 4.79 Å². The van der Waals surface area contributed by atoms with Crippen LogP contribution >= 0.6 is 0 Å². The van der Waals surface area contributed by atoms with Crippen molar-refractivity contribution in [1.82, 2.24) is 19.9 Å². The van der Waals surface area contributed by atoms with Gasteiger partial charge in [0.05, 0.1) is 6.20 Å². The van der Waals surface area contributed by atoms with E-state index in [1.807, 2.05) is 0 Å². The number of piperidine rings is 1. The summed E-state index contributed by atoms with van der Waals surface area (Å²) in [4.78, 5) is 13.7. The first kappa shape index (κ1) is 11.8. The molecular formula is C10H17N5O2. The van der Waals surface area contributed by atoms with Crippen molar-refractivity contribution in [3.8, 4) is 0 Å². The molecule has 1 fully saturated rings. The Morgan fingerprint density at radius 2 is 2.47 bits per heavy atom. The van der Waals surface area contributed by atoms with Crippen molar-refractivity contribution >= 4 is 11.7 Å². The summed E-state index contributed by atoms with van der Waals surface area (Å²) in [6, 6.07) is 0. The van der Waals surface area contributed by atoms with E-state index < -0.39 is 0 Å². The number of aliphatic hydroxyl groups is 1. The lowest BCUT2D eigenvalue weighted by Gasteiger charge is -2.31. The van der Waals surface area contributed by atoms with Crippen LogP contribution in [0.25, 0.3) is 0 Å². The molecule has 7 nitrogen and oxygen atoms in total. The third-order valence-corrected chi connectivity index (χ3v) is 2.98. The topological polar surface area (TPSA) is 97.3 Å². The third-order valence-electron chi connectivity index (χ3n) is 2.98. The number of hydrogen-bond donors (Lipinski definition) is 2. The first-order chi connectivity index (χ1) is 8.19. The van der Waals surface area contributed by atoms with Crippen molar-refractivity contribution in [1.29, 1.82) is 0 Å². The highest BCUT2D eigenvalue weighted by atomic mass is 16.3. The number of aromatic nitrogens is 3. The molecule has 3 N–H and O–H groups in total. The zero-order valence-corrected chi connectivity index (χ0v) is 9.62. The van der Waals surface area contributed by atoms with Gasteiger partial charge in [0.15, 0.2) is 5.82 Å². The summed E-state index contributed by atoms with van der Waals surface area (Å²) in [7, 11) is 0. The summed E-state index contributed by atoms with van der Waals surface area (Å²) in [5.41, 5.74) is 5.42. The van der Waals surface area contributed by atoms with Gasteiger partial charge in [-0.15, -0.1) is 5.10 Å². The van der Waals surface area contributed by atoms with E-state index in [2.05, 4.69) is 10.3 Å². The van der Waals surface area contributed by atoms with Crippen molar-refractivity contribution in [2.75, 3.05) is 25.4 Å². The molecule has 1 aromatic heterocycles. The molecular weight excluding hydrogens is 222 g/mol. The molecule has 1 aliphatic rings. The highest BCUT2D eigenvalue weighted by Gasteiger charge is 2.23. The number of amides is 1. The molecule has 1 amide bonds. The summed E-state index contributed by atoms with van der Waals surface area (Å²) >= 11 is 0. The van der Waals surface area contributed by atoms with Crippen LogP contribution in [0.3, 0.4) is 0 Å². The number of nitrogens with two attached hydrogens (primary N) is 1. The Labute approximate surface area is 99.2 Å². The van der Waals surface area contributed by atoms with Gasteiger partial charge in [-0.25, -0.2) is 4.68 Å². The average Bonchev–Trinajstić information content (AvgIpc) is 2.75. The maximum absolute atomic E-state index is 12.0. The van der Waals surface area contributed by atoms with Crippen LogP contribution in [0.2, 0.25) is 0 Å². The lowest BCUT2D eigenvalue weighted by atomic mass is 9.99. The molecule has 1 atom stereocenters. The predicted molar refractivity (Wildman–Crippen MR) is 60.8 cm³/mol. The maximum Gasteiger partial charge on any atom is 0.244 e. The number of aliphatic hydroxyl groups excluding tert-OH is 1. The van der Waals surface area contributed by atoms with Crippen molar-refractivity contribution in [3.05, 3.63) is 6.20 Å². The molecule has 0 spiro atoms. The van der Waals surface area contributed by atoms with Crippen molar-refractivity contribution in [2.45, 2.75) is 19.4 Å². The molecule has 17 heavy (non-hydrogen) atoms. The summed E-state index contributed by atoms with van der Waals surface area (Å²) in [5, 5.41) is 16.5. The SMILES string of the molecule is Nc1cn(CC(=O)N2CCCC(CO)C2)nn1. The number of nitrogen functional groups attached to an aromatic ring is 1. The van der Waals surface area contributed by atoms with E-state index in [1.165, 1.54) is 10.9 Å². The lowest BCUT2D eigenvalue weighted by Crippen LogP contribution is -2.42.